The van der Waals surface area contributed by atoms with Crippen LogP contribution in [0.3, 0.4) is 0 Å². The maximum atomic E-state index is 12.3. The van der Waals surface area contributed by atoms with Gasteiger partial charge in [0.15, 0.2) is 5.75 Å². The van der Waals surface area contributed by atoms with E-state index in [9.17, 15) is 26.9 Å². The van der Waals surface area contributed by atoms with E-state index in [2.05, 4.69) is 0 Å². The number of hydrogen-bond acceptors (Lipinski definition) is 7. The molecule has 0 radical (unpaired) electrons. The van der Waals surface area contributed by atoms with Gasteiger partial charge < -0.3 is 4.18 Å². The van der Waals surface area contributed by atoms with Gasteiger partial charge in [0.2, 0.25) is 0 Å². The fourth-order valence-corrected chi connectivity index (χ4v) is 3.71. The highest BCUT2D eigenvalue weighted by Crippen LogP contribution is 2.31. The van der Waals surface area contributed by atoms with Crippen LogP contribution in [0, 0.1) is 17.0 Å². The summed E-state index contributed by atoms with van der Waals surface area (Å²) in [6.45, 7) is 1.49. The average molecular weight is 373 g/mol. The molecule has 0 atom stereocenters. The number of nitrogens with zero attached hydrogens (tertiary/aromatic N) is 1. The lowest BCUT2D eigenvalue weighted by molar-refractivity contribution is -0.385. The van der Waals surface area contributed by atoms with Gasteiger partial charge in [0, 0.05) is 6.07 Å². The lowest BCUT2D eigenvalue weighted by Gasteiger charge is -2.11. The van der Waals surface area contributed by atoms with E-state index in [0.717, 1.165) is 6.07 Å². The Morgan fingerprint density at radius 2 is 1.67 bits per heavy atom. The second kappa shape index (κ2) is 6.19. The minimum Gasteiger partial charge on any atom is -0.377 e. The third kappa shape index (κ3) is 3.69. The smallest absolute Gasteiger partial charge is 0.339 e. The molecule has 2 rings (SSSR count). The number of benzene rings is 2. The van der Waals surface area contributed by atoms with Gasteiger partial charge in [0.05, 0.1) is 11.0 Å². The minimum atomic E-state index is -4.85. The van der Waals surface area contributed by atoms with Gasteiger partial charge in [0.1, 0.15) is 9.79 Å². The summed E-state index contributed by atoms with van der Waals surface area (Å²) in [6, 6.07) is 7.85. The first kappa shape index (κ1) is 17.8. The van der Waals surface area contributed by atoms with Crippen molar-refractivity contribution in [1.29, 1.82) is 0 Å². The van der Waals surface area contributed by atoms with Crippen molar-refractivity contribution >= 4 is 25.9 Å². The summed E-state index contributed by atoms with van der Waals surface area (Å²) in [5, 5.41) is 10.8. The van der Waals surface area contributed by atoms with Gasteiger partial charge in [-0.1, -0.05) is 18.2 Å². The van der Waals surface area contributed by atoms with Crippen molar-refractivity contribution in [3.8, 4) is 5.75 Å². The number of non-ortho nitro benzene ring substituents is 1. The van der Waals surface area contributed by atoms with Gasteiger partial charge in [-0.15, -0.1) is 0 Å². The Bertz CT molecular complexity index is 1010. The molecule has 1 N–H and O–H groups in total. The molecule has 2 aromatic carbocycles. The molecule has 0 amide bonds. The Morgan fingerprint density at radius 1 is 1.04 bits per heavy atom. The second-order valence-electron chi connectivity index (χ2n) is 4.67. The van der Waals surface area contributed by atoms with Crippen molar-refractivity contribution in [3.63, 3.8) is 0 Å². The van der Waals surface area contributed by atoms with Crippen molar-refractivity contribution in [2.45, 2.75) is 16.7 Å². The molecule has 0 aliphatic carbocycles. The number of nitro benzene ring substituents is 1. The van der Waals surface area contributed by atoms with E-state index < -0.39 is 41.5 Å². The van der Waals surface area contributed by atoms with Crippen LogP contribution in [-0.2, 0) is 20.2 Å². The normalized spacial score (nSPS) is 11.9. The Kier molecular flexibility index (Phi) is 4.60. The zero-order valence-electron chi connectivity index (χ0n) is 12.1. The second-order valence-corrected chi connectivity index (χ2v) is 7.57. The van der Waals surface area contributed by atoms with E-state index in [-0.39, 0.29) is 4.90 Å². The Hall–Kier alpha value is -2.50. The third-order valence-corrected chi connectivity index (χ3v) is 5.27. The third-order valence-electron chi connectivity index (χ3n) is 2.98. The maximum absolute atomic E-state index is 12.3. The van der Waals surface area contributed by atoms with Crippen LogP contribution < -0.4 is 4.18 Å². The van der Waals surface area contributed by atoms with Gasteiger partial charge in [-0.25, -0.2) is 0 Å². The molecule has 0 aliphatic rings. The number of rotatable bonds is 5. The van der Waals surface area contributed by atoms with Gasteiger partial charge in [-0.05, 0) is 24.6 Å². The molecular weight excluding hydrogens is 362 g/mol. The van der Waals surface area contributed by atoms with Gasteiger partial charge >= 0.3 is 10.1 Å². The Balaban J connectivity index is 2.61. The standard InChI is InChI=1S/C13H11NO8S2/c1-9-4-2-3-5-12(9)24(20,21)22-11-8-10(14(15)16)6-7-13(11)23(17,18)19/h2-8H,1H3,(H,17,18,19). The summed E-state index contributed by atoms with van der Waals surface area (Å²) in [5.74, 6) is -0.866. The number of aryl methyl sites for hydroxylation is 1. The van der Waals surface area contributed by atoms with E-state index in [1.54, 1.807) is 6.07 Å². The van der Waals surface area contributed by atoms with E-state index in [1.807, 2.05) is 0 Å². The summed E-state index contributed by atoms with van der Waals surface area (Å²) >= 11 is 0. The summed E-state index contributed by atoms with van der Waals surface area (Å²) in [5.41, 5.74) is -0.270. The van der Waals surface area contributed by atoms with Crippen LogP contribution in [0.5, 0.6) is 5.75 Å². The predicted molar refractivity (Wildman–Crippen MR) is 81.9 cm³/mol. The zero-order chi connectivity index (χ0) is 18.1. The molecule has 11 heteroatoms. The lowest BCUT2D eigenvalue weighted by atomic mass is 10.2. The lowest BCUT2D eigenvalue weighted by Crippen LogP contribution is -2.13. The van der Waals surface area contributed by atoms with Crippen molar-refractivity contribution < 1.29 is 30.5 Å². The molecule has 9 nitrogen and oxygen atoms in total. The van der Waals surface area contributed by atoms with Crippen LogP contribution in [0.1, 0.15) is 5.56 Å². The van der Waals surface area contributed by atoms with Crippen molar-refractivity contribution in [2.75, 3.05) is 0 Å². The number of nitro groups is 1. The molecule has 128 valence electrons. The molecule has 2 aromatic rings. The minimum absolute atomic E-state index is 0.238. The molecule has 0 aromatic heterocycles. The average Bonchev–Trinajstić information content (AvgIpc) is 2.45. The zero-order valence-corrected chi connectivity index (χ0v) is 13.7. The molecular formula is C13H11NO8S2. The van der Waals surface area contributed by atoms with Crippen molar-refractivity contribution in [2.24, 2.45) is 0 Å². The summed E-state index contributed by atoms with van der Waals surface area (Å²) in [4.78, 5) is 8.80. The Morgan fingerprint density at radius 3 is 2.21 bits per heavy atom. The predicted octanol–water partition coefficient (Wildman–Crippen LogP) is 1.92. The molecule has 0 aliphatic heterocycles. The summed E-state index contributed by atoms with van der Waals surface area (Å²) in [6.07, 6.45) is 0. The molecule has 0 heterocycles. The van der Waals surface area contributed by atoms with E-state index in [0.29, 0.717) is 17.7 Å². The molecule has 0 fully saturated rings. The van der Waals surface area contributed by atoms with E-state index in [4.69, 9.17) is 8.74 Å². The highest BCUT2D eigenvalue weighted by molar-refractivity contribution is 7.87. The van der Waals surface area contributed by atoms with Crippen LogP contribution >= 0.6 is 0 Å². The largest absolute Gasteiger partial charge is 0.377 e. The fraction of sp³-hybridized carbons (Fsp3) is 0.0769. The van der Waals surface area contributed by atoms with Crippen LogP contribution in [0.25, 0.3) is 0 Å². The molecule has 0 spiro atoms. The van der Waals surface area contributed by atoms with Crippen LogP contribution in [0.15, 0.2) is 52.3 Å². The summed E-state index contributed by atoms with van der Waals surface area (Å²) < 4.78 is 61.2. The number of hydrogen-bond donors (Lipinski definition) is 1. The fourth-order valence-electron chi connectivity index (χ4n) is 1.89. The van der Waals surface area contributed by atoms with Crippen molar-refractivity contribution in [1.82, 2.24) is 0 Å². The monoisotopic (exact) mass is 373 g/mol. The van der Waals surface area contributed by atoms with Gasteiger partial charge in [0.25, 0.3) is 15.8 Å². The SMILES string of the molecule is Cc1ccccc1S(=O)(=O)Oc1cc([N+](=O)[O-])ccc1S(=O)(=O)O. The molecule has 0 unspecified atom stereocenters. The topological polar surface area (TPSA) is 141 Å². The molecule has 0 bridgehead atoms. The van der Waals surface area contributed by atoms with Gasteiger partial charge in [-0.2, -0.15) is 16.8 Å². The van der Waals surface area contributed by atoms with Gasteiger partial charge in [-0.3, -0.25) is 14.7 Å². The first-order valence-corrected chi connectivity index (χ1v) is 9.13. The maximum Gasteiger partial charge on any atom is 0.339 e. The highest BCUT2D eigenvalue weighted by Gasteiger charge is 2.26. The van der Waals surface area contributed by atoms with E-state index >= 15 is 0 Å². The molecule has 0 saturated heterocycles. The van der Waals surface area contributed by atoms with Crippen LogP contribution in [0.4, 0.5) is 5.69 Å². The molecule has 0 saturated carbocycles. The van der Waals surface area contributed by atoms with Crippen LogP contribution in [-0.4, -0.2) is 26.3 Å². The highest BCUT2D eigenvalue weighted by atomic mass is 32.2. The van der Waals surface area contributed by atoms with Crippen molar-refractivity contribution in [3.05, 3.63) is 58.1 Å². The first-order valence-electron chi connectivity index (χ1n) is 6.28. The quantitative estimate of drug-likeness (QED) is 0.363. The van der Waals surface area contributed by atoms with Crippen LogP contribution in [0.2, 0.25) is 0 Å². The first-order chi connectivity index (χ1) is 11.0. The molecule has 24 heavy (non-hydrogen) atoms. The summed E-state index contributed by atoms with van der Waals surface area (Å²) in [7, 11) is -9.32. The van der Waals surface area contributed by atoms with E-state index in [1.165, 1.54) is 25.1 Å². The Labute approximate surface area is 137 Å².